The first-order valence-corrected chi connectivity index (χ1v) is 3.22. The van der Waals surface area contributed by atoms with E-state index in [1.807, 2.05) is 0 Å². The molecule has 0 bridgehead atoms. The zero-order valence-electron chi connectivity index (χ0n) is 6.35. The Labute approximate surface area is 60.4 Å². The van der Waals surface area contributed by atoms with E-state index in [1.165, 1.54) is 7.05 Å². The Kier molecular flexibility index (Phi) is 3.32. The highest BCUT2D eigenvalue weighted by Gasteiger charge is 2.29. The molecule has 1 atom stereocenters. The molecule has 0 unspecified atom stereocenters. The monoisotopic (exact) mass is 146 g/mol. The SMILES string of the molecule is CC[C@](N)(CO)C(=O)NC. The number of rotatable bonds is 3. The molecule has 0 aromatic rings. The lowest BCUT2D eigenvalue weighted by molar-refractivity contribution is -0.127. The Hall–Kier alpha value is -0.610. The molecule has 0 saturated carbocycles. The number of aliphatic hydroxyl groups is 1. The molecule has 4 N–H and O–H groups in total. The Morgan fingerprint density at radius 3 is 2.40 bits per heavy atom. The Morgan fingerprint density at radius 2 is 2.30 bits per heavy atom. The Balaban J connectivity index is 4.17. The van der Waals surface area contributed by atoms with Crippen LogP contribution in [0.1, 0.15) is 13.3 Å². The van der Waals surface area contributed by atoms with E-state index in [0.29, 0.717) is 6.42 Å². The number of likely N-dealkylation sites (N-methyl/N-ethyl adjacent to an activating group) is 1. The highest BCUT2D eigenvalue weighted by atomic mass is 16.3. The smallest absolute Gasteiger partial charge is 0.242 e. The fourth-order valence-electron chi connectivity index (χ4n) is 0.593. The molecule has 0 aromatic heterocycles. The van der Waals surface area contributed by atoms with Crippen LogP contribution in [0.4, 0.5) is 0 Å². The molecule has 1 amide bonds. The Morgan fingerprint density at radius 1 is 1.80 bits per heavy atom. The number of hydrogen-bond acceptors (Lipinski definition) is 3. The van der Waals surface area contributed by atoms with E-state index in [9.17, 15) is 4.79 Å². The quantitative estimate of drug-likeness (QED) is 0.469. The molecular formula is C6H14N2O2. The normalized spacial score (nSPS) is 16.0. The van der Waals surface area contributed by atoms with Gasteiger partial charge in [0.05, 0.1) is 6.61 Å². The van der Waals surface area contributed by atoms with E-state index in [0.717, 1.165) is 0 Å². The summed E-state index contributed by atoms with van der Waals surface area (Å²) in [6, 6.07) is 0. The predicted octanol–water partition coefficient (Wildman–Crippen LogP) is -1.17. The van der Waals surface area contributed by atoms with Gasteiger partial charge in [-0.05, 0) is 6.42 Å². The third-order valence-electron chi connectivity index (χ3n) is 1.59. The maximum absolute atomic E-state index is 10.9. The molecule has 10 heavy (non-hydrogen) atoms. The van der Waals surface area contributed by atoms with Gasteiger partial charge in [-0.1, -0.05) is 6.92 Å². The van der Waals surface area contributed by atoms with Crippen molar-refractivity contribution in [2.24, 2.45) is 5.73 Å². The summed E-state index contributed by atoms with van der Waals surface area (Å²) < 4.78 is 0. The van der Waals surface area contributed by atoms with Crippen molar-refractivity contribution in [1.29, 1.82) is 0 Å². The average molecular weight is 146 g/mol. The van der Waals surface area contributed by atoms with Crippen LogP contribution in [0.5, 0.6) is 0 Å². The zero-order chi connectivity index (χ0) is 8.20. The van der Waals surface area contributed by atoms with E-state index in [4.69, 9.17) is 10.8 Å². The number of aliphatic hydroxyl groups excluding tert-OH is 1. The summed E-state index contributed by atoms with van der Waals surface area (Å²) in [6.45, 7) is 1.44. The van der Waals surface area contributed by atoms with Gasteiger partial charge in [0.1, 0.15) is 5.54 Å². The highest BCUT2D eigenvalue weighted by molar-refractivity contribution is 5.85. The van der Waals surface area contributed by atoms with Crippen LogP contribution < -0.4 is 11.1 Å². The second-order valence-electron chi connectivity index (χ2n) is 2.25. The lowest BCUT2D eigenvalue weighted by Gasteiger charge is -2.22. The van der Waals surface area contributed by atoms with E-state index in [1.54, 1.807) is 6.92 Å². The fourth-order valence-corrected chi connectivity index (χ4v) is 0.593. The van der Waals surface area contributed by atoms with Gasteiger partial charge in [-0.3, -0.25) is 4.79 Å². The lowest BCUT2D eigenvalue weighted by Crippen LogP contribution is -2.55. The maximum Gasteiger partial charge on any atom is 0.242 e. The summed E-state index contributed by atoms with van der Waals surface area (Å²) in [7, 11) is 1.50. The largest absolute Gasteiger partial charge is 0.394 e. The molecule has 0 radical (unpaired) electrons. The molecule has 0 saturated heterocycles. The Bertz CT molecular complexity index is 121. The third kappa shape index (κ3) is 1.68. The zero-order valence-corrected chi connectivity index (χ0v) is 6.35. The van der Waals surface area contributed by atoms with Crippen molar-refractivity contribution >= 4 is 5.91 Å². The van der Waals surface area contributed by atoms with E-state index >= 15 is 0 Å². The van der Waals surface area contributed by atoms with Crippen LogP contribution in [0.15, 0.2) is 0 Å². The van der Waals surface area contributed by atoms with Gasteiger partial charge in [0, 0.05) is 7.05 Å². The second-order valence-corrected chi connectivity index (χ2v) is 2.25. The molecule has 60 valence electrons. The summed E-state index contributed by atoms with van der Waals surface area (Å²) in [5.74, 6) is -0.322. The number of carbonyl (C=O) groups is 1. The van der Waals surface area contributed by atoms with Crippen molar-refractivity contribution in [3.05, 3.63) is 0 Å². The summed E-state index contributed by atoms with van der Waals surface area (Å²) in [5, 5.41) is 11.1. The molecule has 4 nitrogen and oxygen atoms in total. The second kappa shape index (κ2) is 3.53. The molecule has 0 aliphatic rings. The number of nitrogens with two attached hydrogens (primary N) is 1. The molecule has 0 fully saturated rings. The number of hydrogen-bond donors (Lipinski definition) is 3. The van der Waals surface area contributed by atoms with Gasteiger partial charge < -0.3 is 16.2 Å². The first-order chi connectivity index (χ1) is 4.60. The summed E-state index contributed by atoms with van der Waals surface area (Å²) in [6.07, 6.45) is 0.434. The van der Waals surface area contributed by atoms with E-state index < -0.39 is 5.54 Å². The van der Waals surface area contributed by atoms with Gasteiger partial charge in [0.2, 0.25) is 5.91 Å². The molecule has 0 rings (SSSR count). The summed E-state index contributed by atoms with van der Waals surface area (Å²) in [5.41, 5.74) is 4.39. The molecule has 0 spiro atoms. The summed E-state index contributed by atoms with van der Waals surface area (Å²) in [4.78, 5) is 10.9. The van der Waals surface area contributed by atoms with Gasteiger partial charge in [-0.15, -0.1) is 0 Å². The van der Waals surface area contributed by atoms with Gasteiger partial charge in [0.15, 0.2) is 0 Å². The maximum atomic E-state index is 10.9. The van der Waals surface area contributed by atoms with Gasteiger partial charge in [-0.2, -0.15) is 0 Å². The van der Waals surface area contributed by atoms with Gasteiger partial charge in [-0.25, -0.2) is 0 Å². The topological polar surface area (TPSA) is 75.3 Å². The van der Waals surface area contributed by atoms with Crippen LogP contribution in [0.3, 0.4) is 0 Å². The molecule has 0 aliphatic heterocycles. The first-order valence-electron chi connectivity index (χ1n) is 3.22. The lowest BCUT2D eigenvalue weighted by atomic mass is 9.98. The number of nitrogens with one attached hydrogen (secondary N) is 1. The van der Waals surface area contributed by atoms with Gasteiger partial charge in [0.25, 0.3) is 0 Å². The predicted molar refractivity (Wildman–Crippen MR) is 38.4 cm³/mol. The number of carbonyl (C=O) groups excluding carboxylic acids is 1. The van der Waals surface area contributed by atoms with Crippen molar-refractivity contribution in [1.82, 2.24) is 5.32 Å². The summed E-state index contributed by atoms with van der Waals surface area (Å²) >= 11 is 0. The van der Waals surface area contributed by atoms with Crippen molar-refractivity contribution in [2.75, 3.05) is 13.7 Å². The fraction of sp³-hybridized carbons (Fsp3) is 0.833. The first kappa shape index (κ1) is 9.39. The molecule has 4 heteroatoms. The standard InChI is InChI=1S/C6H14N2O2/c1-3-6(7,4-9)5(10)8-2/h9H,3-4,7H2,1-2H3,(H,8,10)/t6-/m0/s1. The van der Waals surface area contributed by atoms with Crippen LogP contribution in [0.25, 0.3) is 0 Å². The molecule has 0 heterocycles. The highest BCUT2D eigenvalue weighted by Crippen LogP contribution is 2.03. The molecular weight excluding hydrogens is 132 g/mol. The van der Waals surface area contributed by atoms with Gasteiger partial charge >= 0.3 is 0 Å². The molecule has 0 aliphatic carbocycles. The minimum atomic E-state index is -1.10. The van der Waals surface area contributed by atoms with Crippen LogP contribution in [-0.2, 0) is 4.79 Å². The molecule has 0 aromatic carbocycles. The van der Waals surface area contributed by atoms with Crippen molar-refractivity contribution in [3.8, 4) is 0 Å². The van der Waals surface area contributed by atoms with Crippen molar-refractivity contribution in [3.63, 3.8) is 0 Å². The van der Waals surface area contributed by atoms with Crippen LogP contribution in [0.2, 0.25) is 0 Å². The average Bonchev–Trinajstić information content (AvgIpc) is 2.01. The van der Waals surface area contributed by atoms with Crippen LogP contribution in [-0.4, -0.2) is 30.2 Å². The van der Waals surface area contributed by atoms with Crippen LogP contribution >= 0.6 is 0 Å². The van der Waals surface area contributed by atoms with E-state index in [-0.39, 0.29) is 12.5 Å². The van der Waals surface area contributed by atoms with E-state index in [2.05, 4.69) is 5.32 Å². The van der Waals surface area contributed by atoms with Crippen molar-refractivity contribution in [2.45, 2.75) is 18.9 Å². The van der Waals surface area contributed by atoms with Crippen LogP contribution in [0, 0.1) is 0 Å². The number of amides is 1. The van der Waals surface area contributed by atoms with Crippen molar-refractivity contribution < 1.29 is 9.90 Å². The third-order valence-corrected chi connectivity index (χ3v) is 1.59. The minimum absolute atomic E-state index is 0.316. The minimum Gasteiger partial charge on any atom is -0.394 e.